The highest BCUT2D eigenvalue weighted by Gasteiger charge is 2.28. The van der Waals surface area contributed by atoms with Gasteiger partial charge in [-0.2, -0.15) is 0 Å². The van der Waals surface area contributed by atoms with Crippen LogP contribution in [0.15, 0.2) is 24.3 Å². The van der Waals surface area contributed by atoms with Gasteiger partial charge in [-0.25, -0.2) is 4.39 Å². The summed E-state index contributed by atoms with van der Waals surface area (Å²) in [6.45, 7) is 3.24. The van der Waals surface area contributed by atoms with Gasteiger partial charge in [0.25, 0.3) is 0 Å². The Bertz CT molecular complexity index is 496. The molecule has 2 fully saturated rings. The van der Waals surface area contributed by atoms with Gasteiger partial charge in [-0.1, -0.05) is 6.07 Å². The van der Waals surface area contributed by atoms with Crippen LogP contribution in [-0.4, -0.2) is 38.1 Å². The second-order valence-electron chi connectivity index (χ2n) is 5.63. The molecule has 3 rings (SSSR count). The smallest absolute Gasteiger partial charge is 0.225 e. The zero-order valence-corrected chi connectivity index (χ0v) is 12.7. The third-order valence-electron chi connectivity index (χ3n) is 4.09. The number of carbonyl (C=O) groups is 1. The van der Waals surface area contributed by atoms with Gasteiger partial charge in [-0.15, -0.1) is 12.4 Å². The van der Waals surface area contributed by atoms with Crippen molar-refractivity contribution in [1.82, 2.24) is 10.6 Å². The van der Waals surface area contributed by atoms with Crippen LogP contribution in [0.2, 0.25) is 0 Å². The first-order valence-corrected chi connectivity index (χ1v) is 7.24. The summed E-state index contributed by atoms with van der Waals surface area (Å²) in [5.41, 5.74) is 0.897. The van der Waals surface area contributed by atoms with Crippen molar-refractivity contribution in [1.29, 1.82) is 0 Å². The molecule has 0 spiro atoms. The van der Waals surface area contributed by atoms with Crippen LogP contribution < -0.4 is 15.5 Å². The maximum atomic E-state index is 13.3. The van der Waals surface area contributed by atoms with Gasteiger partial charge in [0.15, 0.2) is 0 Å². The molecule has 1 atom stereocenters. The van der Waals surface area contributed by atoms with E-state index in [1.807, 2.05) is 6.07 Å². The highest BCUT2D eigenvalue weighted by molar-refractivity contribution is 5.85. The summed E-state index contributed by atoms with van der Waals surface area (Å²) in [6, 6.07) is 6.83. The Morgan fingerprint density at radius 3 is 2.86 bits per heavy atom. The molecule has 2 heterocycles. The number of piperidine rings is 1. The van der Waals surface area contributed by atoms with Crippen LogP contribution in [0, 0.1) is 11.7 Å². The summed E-state index contributed by atoms with van der Waals surface area (Å²) in [5, 5.41) is 6.23. The molecule has 6 heteroatoms. The van der Waals surface area contributed by atoms with E-state index in [0.29, 0.717) is 0 Å². The van der Waals surface area contributed by atoms with Crippen LogP contribution in [-0.2, 0) is 4.79 Å². The van der Waals surface area contributed by atoms with Crippen LogP contribution in [0.3, 0.4) is 0 Å². The Kier molecular flexibility index (Phi) is 5.42. The maximum absolute atomic E-state index is 13.3. The normalized spacial score (nSPS) is 22.1. The molecule has 2 aliphatic heterocycles. The molecule has 1 amide bonds. The quantitative estimate of drug-likeness (QED) is 0.890. The van der Waals surface area contributed by atoms with Gasteiger partial charge in [-0.05, 0) is 31.0 Å². The molecule has 0 aliphatic carbocycles. The van der Waals surface area contributed by atoms with Gasteiger partial charge in [0.1, 0.15) is 5.82 Å². The fourth-order valence-corrected chi connectivity index (χ4v) is 2.80. The zero-order chi connectivity index (χ0) is 13.9. The molecule has 2 saturated heterocycles. The molecule has 116 valence electrons. The SMILES string of the molecule is Cl.O=C(NC1CCCN(c2cccc(F)c2)C1)C1CNC1. The van der Waals surface area contributed by atoms with E-state index in [2.05, 4.69) is 15.5 Å². The van der Waals surface area contributed by atoms with Gasteiger partial charge in [0.05, 0.1) is 5.92 Å². The molecule has 2 aliphatic rings. The summed E-state index contributed by atoms with van der Waals surface area (Å²) in [5.74, 6) is 0.0589. The van der Waals surface area contributed by atoms with E-state index in [1.165, 1.54) is 6.07 Å². The van der Waals surface area contributed by atoms with Gasteiger partial charge in [-0.3, -0.25) is 4.79 Å². The number of nitrogens with one attached hydrogen (secondary N) is 2. The lowest BCUT2D eigenvalue weighted by atomic mass is 10.00. The predicted molar refractivity (Wildman–Crippen MR) is 83.4 cm³/mol. The molecule has 1 aromatic carbocycles. The lowest BCUT2D eigenvalue weighted by molar-refractivity contribution is -0.127. The summed E-state index contributed by atoms with van der Waals surface area (Å²) in [6.07, 6.45) is 2.02. The number of amides is 1. The molecule has 0 aromatic heterocycles. The fourth-order valence-electron chi connectivity index (χ4n) is 2.80. The molecule has 1 unspecified atom stereocenters. The molecule has 21 heavy (non-hydrogen) atoms. The fraction of sp³-hybridized carbons (Fsp3) is 0.533. The third-order valence-corrected chi connectivity index (χ3v) is 4.09. The summed E-state index contributed by atoms with van der Waals surface area (Å²) < 4.78 is 13.3. The van der Waals surface area contributed by atoms with E-state index >= 15 is 0 Å². The minimum Gasteiger partial charge on any atom is -0.369 e. The summed E-state index contributed by atoms with van der Waals surface area (Å²) in [4.78, 5) is 14.1. The van der Waals surface area contributed by atoms with Gasteiger partial charge < -0.3 is 15.5 Å². The number of hydrogen-bond acceptors (Lipinski definition) is 3. The van der Waals surface area contributed by atoms with Crippen LogP contribution >= 0.6 is 12.4 Å². The van der Waals surface area contributed by atoms with Crippen LogP contribution in [0.1, 0.15) is 12.8 Å². The van der Waals surface area contributed by atoms with Crippen molar-refractivity contribution >= 4 is 24.0 Å². The minimum atomic E-state index is -0.214. The molecule has 0 saturated carbocycles. The third kappa shape index (κ3) is 3.86. The average molecular weight is 314 g/mol. The number of rotatable bonds is 3. The predicted octanol–water partition coefficient (Wildman–Crippen LogP) is 1.55. The van der Waals surface area contributed by atoms with Gasteiger partial charge >= 0.3 is 0 Å². The molecule has 0 bridgehead atoms. The van der Waals surface area contributed by atoms with Crippen molar-refractivity contribution in [2.45, 2.75) is 18.9 Å². The van der Waals surface area contributed by atoms with Crippen molar-refractivity contribution in [3.8, 4) is 0 Å². The van der Waals surface area contributed by atoms with E-state index in [1.54, 1.807) is 12.1 Å². The Morgan fingerprint density at radius 2 is 2.19 bits per heavy atom. The average Bonchev–Trinajstić information content (AvgIpc) is 2.37. The number of carbonyl (C=O) groups excluding carboxylic acids is 1. The molecule has 0 radical (unpaired) electrons. The zero-order valence-electron chi connectivity index (χ0n) is 11.8. The number of anilines is 1. The number of nitrogens with zero attached hydrogens (tertiary/aromatic N) is 1. The lowest BCUT2D eigenvalue weighted by Crippen LogP contribution is -2.55. The Balaban J connectivity index is 0.00000161. The van der Waals surface area contributed by atoms with Crippen molar-refractivity contribution in [2.24, 2.45) is 5.92 Å². The van der Waals surface area contributed by atoms with Crippen molar-refractivity contribution in [3.63, 3.8) is 0 Å². The molecular weight excluding hydrogens is 293 g/mol. The largest absolute Gasteiger partial charge is 0.369 e. The number of halogens is 2. The van der Waals surface area contributed by atoms with Crippen molar-refractivity contribution in [3.05, 3.63) is 30.1 Å². The van der Waals surface area contributed by atoms with E-state index in [-0.39, 0.29) is 36.1 Å². The number of hydrogen-bond donors (Lipinski definition) is 2. The highest BCUT2D eigenvalue weighted by atomic mass is 35.5. The molecule has 4 nitrogen and oxygen atoms in total. The van der Waals surface area contributed by atoms with Crippen LogP contribution in [0.4, 0.5) is 10.1 Å². The lowest BCUT2D eigenvalue weighted by Gasteiger charge is -2.36. The van der Waals surface area contributed by atoms with Crippen molar-refractivity contribution in [2.75, 3.05) is 31.1 Å². The van der Waals surface area contributed by atoms with Crippen LogP contribution in [0.25, 0.3) is 0 Å². The van der Waals surface area contributed by atoms with E-state index < -0.39 is 0 Å². The monoisotopic (exact) mass is 313 g/mol. The molecular formula is C15H21ClFN3O. The van der Waals surface area contributed by atoms with Gasteiger partial charge in [0, 0.05) is 37.9 Å². The Hall–Kier alpha value is -1.33. The second kappa shape index (κ2) is 7.09. The Morgan fingerprint density at radius 1 is 1.38 bits per heavy atom. The molecule has 1 aromatic rings. The van der Waals surface area contributed by atoms with E-state index in [4.69, 9.17) is 0 Å². The van der Waals surface area contributed by atoms with E-state index in [0.717, 1.165) is 44.7 Å². The summed E-state index contributed by atoms with van der Waals surface area (Å²) in [7, 11) is 0. The van der Waals surface area contributed by atoms with Gasteiger partial charge in [0.2, 0.25) is 5.91 Å². The maximum Gasteiger partial charge on any atom is 0.225 e. The first kappa shape index (κ1) is 16.0. The van der Waals surface area contributed by atoms with E-state index in [9.17, 15) is 9.18 Å². The van der Waals surface area contributed by atoms with Crippen LogP contribution in [0.5, 0.6) is 0 Å². The highest BCUT2D eigenvalue weighted by Crippen LogP contribution is 2.21. The van der Waals surface area contributed by atoms with Crippen molar-refractivity contribution < 1.29 is 9.18 Å². The minimum absolute atomic E-state index is 0. The Labute approximate surface area is 130 Å². The topological polar surface area (TPSA) is 44.4 Å². The first-order valence-electron chi connectivity index (χ1n) is 7.24. The first-order chi connectivity index (χ1) is 9.72. The molecule has 2 N–H and O–H groups in total. The standard InChI is InChI=1S/C15H20FN3O.ClH/c16-12-3-1-5-14(7-12)19-6-2-4-13(10-19)18-15(20)11-8-17-9-11;/h1,3,5,7,11,13,17H,2,4,6,8-10H2,(H,18,20);1H. The summed E-state index contributed by atoms with van der Waals surface area (Å²) >= 11 is 0. The number of benzene rings is 1. The second-order valence-corrected chi connectivity index (χ2v) is 5.63.